The van der Waals surface area contributed by atoms with Gasteiger partial charge in [0, 0.05) is 17.2 Å². The molecule has 276 valence electrons. The average Bonchev–Trinajstić information content (AvgIpc) is 3.61. The molecule has 0 aliphatic carbocycles. The van der Waals surface area contributed by atoms with Crippen LogP contribution in [0, 0.1) is 0 Å². The Morgan fingerprint density at radius 1 is 0.667 bits per heavy atom. The molecule has 5 aromatic rings. The fourth-order valence-corrected chi connectivity index (χ4v) is 6.11. The summed E-state index contributed by atoms with van der Waals surface area (Å²) in [6.07, 6.45) is -6.54. The predicted molar refractivity (Wildman–Crippen MR) is 190 cm³/mol. The number of carbonyl (C=O) groups excluding carboxylic acids is 3. The van der Waals surface area contributed by atoms with E-state index >= 15 is 0 Å². The summed E-state index contributed by atoms with van der Waals surface area (Å²) in [4.78, 5) is 40.5. The van der Waals surface area contributed by atoms with Gasteiger partial charge in [-0.2, -0.15) is 0 Å². The van der Waals surface area contributed by atoms with Gasteiger partial charge in [-0.1, -0.05) is 84.9 Å². The molecule has 5 aromatic carbocycles. The Bertz CT molecular complexity index is 2040. The lowest BCUT2D eigenvalue weighted by molar-refractivity contribution is -0.371. The van der Waals surface area contributed by atoms with E-state index in [-0.39, 0.29) is 29.0 Å². The average molecular weight is 733 g/mol. The largest absolute Gasteiger partial charge is 0.507 e. The topological polar surface area (TPSA) is 145 Å². The second-order valence-corrected chi connectivity index (χ2v) is 12.4. The van der Waals surface area contributed by atoms with E-state index in [1.54, 1.807) is 133 Å². The zero-order valence-electron chi connectivity index (χ0n) is 29.0. The Morgan fingerprint density at radius 3 is 1.76 bits per heavy atom. The fourth-order valence-electron chi connectivity index (χ4n) is 6.11. The third kappa shape index (κ3) is 7.97. The summed E-state index contributed by atoms with van der Waals surface area (Å²) in [5.41, 5.74) is 1.53. The van der Waals surface area contributed by atoms with Crippen molar-refractivity contribution in [3.05, 3.63) is 167 Å². The zero-order chi connectivity index (χ0) is 37.5. The van der Waals surface area contributed by atoms with Gasteiger partial charge in [-0.15, -0.1) is 0 Å². The van der Waals surface area contributed by atoms with Crippen molar-refractivity contribution in [3.8, 4) is 11.5 Å². The molecular formula is C42H36O12. The first-order valence-electron chi connectivity index (χ1n) is 17.1. The van der Waals surface area contributed by atoms with Crippen LogP contribution in [-0.2, 0) is 45.7 Å². The highest BCUT2D eigenvalue weighted by Gasteiger charge is 2.62. The van der Waals surface area contributed by atoms with Crippen LogP contribution in [0.3, 0.4) is 0 Å². The molecule has 12 nitrogen and oxygen atoms in total. The number of phenolic OH excluding ortho intramolecular Hbond substituents is 1. The first-order chi connectivity index (χ1) is 26.3. The van der Waals surface area contributed by atoms with Crippen molar-refractivity contribution in [2.24, 2.45) is 0 Å². The Kier molecular flexibility index (Phi) is 11.0. The second kappa shape index (κ2) is 16.3. The number of ether oxygens (including phenoxy) is 8. The maximum absolute atomic E-state index is 13.7. The lowest BCUT2D eigenvalue weighted by Gasteiger charge is -2.41. The highest BCUT2D eigenvalue weighted by molar-refractivity contribution is 5.91. The first-order valence-corrected chi connectivity index (χ1v) is 17.1. The molecule has 54 heavy (non-hydrogen) atoms. The molecule has 2 saturated heterocycles. The molecular weight excluding hydrogens is 696 g/mol. The molecule has 2 fully saturated rings. The summed E-state index contributed by atoms with van der Waals surface area (Å²) in [6.45, 7) is -0.630. The van der Waals surface area contributed by atoms with Crippen molar-refractivity contribution in [2.75, 3.05) is 13.7 Å². The van der Waals surface area contributed by atoms with E-state index in [1.165, 1.54) is 13.2 Å². The van der Waals surface area contributed by atoms with E-state index < -0.39 is 61.2 Å². The van der Waals surface area contributed by atoms with Crippen molar-refractivity contribution in [2.45, 2.75) is 43.3 Å². The highest BCUT2D eigenvalue weighted by atomic mass is 16.9. The molecule has 2 heterocycles. The van der Waals surface area contributed by atoms with Crippen molar-refractivity contribution in [1.82, 2.24) is 0 Å². The van der Waals surface area contributed by atoms with Gasteiger partial charge in [0.1, 0.15) is 24.2 Å². The van der Waals surface area contributed by atoms with Gasteiger partial charge in [0.15, 0.2) is 24.6 Å². The minimum Gasteiger partial charge on any atom is -0.507 e. The molecule has 2 aliphatic rings. The van der Waals surface area contributed by atoms with E-state index in [0.29, 0.717) is 16.9 Å². The molecule has 2 aliphatic heterocycles. The normalized spacial score (nSPS) is 23.1. The third-order valence-corrected chi connectivity index (χ3v) is 8.88. The van der Waals surface area contributed by atoms with E-state index in [4.69, 9.17) is 37.9 Å². The second-order valence-electron chi connectivity index (χ2n) is 12.4. The summed E-state index contributed by atoms with van der Waals surface area (Å²) < 4.78 is 49.0. The first kappa shape index (κ1) is 36.3. The van der Waals surface area contributed by atoms with Gasteiger partial charge >= 0.3 is 23.9 Å². The number of aromatic hydroxyl groups is 1. The van der Waals surface area contributed by atoms with Crippen molar-refractivity contribution < 1.29 is 57.4 Å². The summed E-state index contributed by atoms with van der Waals surface area (Å²) in [7, 11) is 1.48. The molecule has 1 unspecified atom stereocenters. The van der Waals surface area contributed by atoms with Gasteiger partial charge in [-0.05, 0) is 48.5 Å². The molecule has 0 radical (unpaired) electrons. The molecule has 7 rings (SSSR count). The molecule has 0 bridgehead atoms. The predicted octanol–water partition coefficient (Wildman–Crippen LogP) is 6.18. The lowest BCUT2D eigenvalue weighted by Crippen LogP contribution is -2.60. The number of methoxy groups -OCH3 is 1. The lowest BCUT2D eigenvalue weighted by atomic mass is 9.98. The van der Waals surface area contributed by atoms with Crippen LogP contribution in [0.4, 0.5) is 0 Å². The summed E-state index contributed by atoms with van der Waals surface area (Å²) >= 11 is 0. The zero-order valence-corrected chi connectivity index (χ0v) is 29.0. The van der Waals surface area contributed by atoms with Crippen LogP contribution in [0.2, 0.25) is 0 Å². The standard InChI is InChI=1S/C42H36O12/c1-47-32-23-22-30(33(43)24-32)25-49-42(31-20-12-5-13-21-31)53-37-36(52-40(46)29-18-10-4-11-19-29)35(51-39(45)28-16-8-3-9-17-28)34(50-41(37)54-42)26-48-38(44)27-14-6-2-7-15-27/h2-24,34-37,41,43H,25-26H2,1H3/t34-,35-,36+,37-,41-,42?/m1/s1. The number of phenols is 1. The number of hydrogen-bond acceptors (Lipinski definition) is 12. The molecule has 0 aromatic heterocycles. The quantitative estimate of drug-likeness (QED) is 0.116. The van der Waals surface area contributed by atoms with Crippen LogP contribution in [0.5, 0.6) is 11.5 Å². The SMILES string of the molecule is COc1ccc(COC2(c3ccccc3)O[C@H]3O[C@H](COC(=O)c4ccccc4)[C@@H](OC(=O)c4ccccc4)[C@H](OC(=O)c4ccccc4)[C@H]3O2)c(O)c1. The number of hydrogen-bond donors (Lipinski definition) is 1. The highest BCUT2D eigenvalue weighted by Crippen LogP contribution is 2.46. The Labute approximate surface area is 310 Å². The maximum atomic E-state index is 13.7. The number of rotatable bonds is 12. The molecule has 12 heteroatoms. The van der Waals surface area contributed by atoms with Crippen molar-refractivity contribution in [1.29, 1.82) is 0 Å². The van der Waals surface area contributed by atoms with Gasteiger partial charge in [0.25, 0.3) is 0 Å². The summed E-state index contributed by atoms with van der Waals surface area (Å²) in [5, 5.41) is 10.7. The summed E-state index contributed by atoms with van der Waals surface area (Å²) in [5.74, 6) is -3.78. The van der Waals surface area contributed by atoms with Crippen molar-refractivity contribution in [3.63, 3.8) is 0 Å². The third-order valence-electron chi connectivity index (χ3n) is 8.88. The van der Waals surface area contributed by atoms with Gasteiger partial charge in [-0.3, -0.25) is 4.74 Å². The molecule has 6 atom stereocenters. The van der Waals surface area contributed by atoms with Gasteiger partial charge in [-0.25, -0.2) is 14.4 Å². The molecule has 0 amide bonds. The number of benzene rings is 5. The minimum absolute atomic E-state index is 0.0907. The minimum atomic E-state index is -1.98. The van der Waals surface area contributed by atoms with Crippen LogP contribution in [-0.4, -0.2) is 67.4 Å². The fraction of sp³-hybridized carbons (Fsp3) is 0.214. The van der Waals surface area contributed by atoms with Crippen LogP contribution >= 0.6 is 0 Å². The van der Waals surface area contributed by atoms with Crippen LogP contribution < -0.4 is 4.74 Å². The van der Waals surface area contributed by atoms with Crippen LogP contribution in [0.1, 0.15) is 42.2 Å². The molecule has 1 N–H and O–H groups in total. The number of carbonyl (C=O) groups is 3. The van der Waals surface area contributed by atoms with Gasteiger partial charge < -0.3 is 38.3 Å². The van der Waals surface area contributed by atoms with E-state index in [1.807, 2.05) is 0 Å². The number of fused-ring (bicyclic) bond motifs is 1. The van der Waals surface area contributed by atoms with E-state index in [0.717, 1.165) is 0 Å². The summed E-state index contributed by atoms with van der Waals surface area (Å²) in [6, 6.07) is 38.3. The Hall–Kier alpha value is -6.05. The monoisotopic (exact) mass is 732 g/mol. The Morgan fingerprint density at radius 2 is 1.20 bits per heavy atom. The van der Waals surface area contributed by atoms with E-state index in [2.05, 4.69) is 0 Å². The molecule has 0 saturated carbocycles. The number of esters is 3. The van der Waals surface area contributed by atoms with Crippen molar-refractivity contribution >= 4 is 17.9 Å². The van der Waals surface area contributed by atoms with Crippen LogP contribution in [0.15, 0.2) is 140 Å². The van der Waals surface area contributed by atoms with E-state index in [9.17, 15) is 19.5 Å². The van der Waals surface area contributed by atoms with Gasteiger partial charge in [0.2, 0.25) is 0 Å². The molecule has 0 spiro atoms. The smallest absolute Gasteiger partial charge is 0.338 e. The Balaban J connectivity index is 1.26. The van der Waals surface area contributed by atoms with Gasteiger partial charge in [0.05, 0.1) is 30.4 Å². The van der Waals surface area contributed by atoms with Crippen LogP contribution in [0.25, 0.3) is 0 Å². The maximum Gasteiger partial charge on any atom is 0.338 e.